The van der Waals surface area contributed by atoms with Crippen LogP contribution in [0.25, 0.3) is 0 Å². The molecule has 0 aliphatic carbocycles. The van der Waals surface area contributed by atoms with E-state index < -0.39 is 5.60 Å². The standard InChI is InChI=1S/C10H19N3OS/c14-10(3-6-15-8-10)7-13-9-11-4-1-2-5-12-9/h14H,1-8H2,(H2,11,12,13). The molecule has 5 heteroatoms. The lowest BCUT2D eigenvalue weighted by Crippen LogP contribution is -2.47. The first-order chi connectivity index (χ1) is 7.29. The largest absolute Gasteiger partial charge is 0.387 e. The summed E-state index contributed by atoms with van der Waals surface area (Å²) in [6.07, 6.45) is 3.21. The first-order valence-electron chi connectivity index (χ1n) is 5.61. The van der Waals surface area contributed by atoms with Crippen LogP contribution in [0.2, 0.25) is 0 Å². The highest BCUT2D eigenvalue weighted by atomic mass is 32.2. The number of aliphatic hydroxyl groups is 1. The zero-order chi connectivity index (χ0) is 10.6. The fourth-order valence-electron chi connectivity index (χ4n) is 1.79. The lowest BCUT2D eigenvalue weighted by atomic mass is 10.0. The molecule has 0 amide bonds. The van der Waals surface area contributed by atoms with Crippen LogP contribution in [0.1, 0.15) is 19.3 Å². The van der Waals surface area contributed by atoms with Crippen LogP contribution in [0.5, 0.6) is 0 Å². The van der Waals surface area contributed by atoms with E-state index in [9.17, 15) is 5.11 Å². The monoisotopic (exact) mass is 229 g/mol. The molecular formula is C10H19N3OS. The zero-order valence-electron chi connectivity index (χ0n) is 8.96. The molecule has 0 aromatic heterocycles. The molecule has 0 radical (unpaired) electrons. The van der Waals surface area contributed by atoms with Crippen molar-refractivity contribution >= 4 is 17.7 Å². The minimum absolute atomic E-state index is 0.527. The summed E-state index contributed by atoms with van der Waals surface area (Å²) in [5, 5.41) is 16.6. The second-order valence-corrected chi connectivity index (χ2v) is 5.35. The van der Waals surface area contributed by atoms with Gasteiger partial charge in [-0.25, -0.2) is 0 Å². The van der Waals surface area contributed by atoms with Gasteiger partial charge in [0, 0.05) is 25.4 Å². The van der Waals surface area contributed by atoms with E-state index in [4.69, 9.17) is 0 Å². The average molecular weight is 229 g/mol. The molecule has 2 heterocycles. The number of hydrogen-bond acceptors (Lipinski definition) is 5. The Morgan fingerprint density at radius 2 is 2.47 bits per heavy atom. The van der Waals surface area contributed by atoms with Crippen LogP contribution in [0.15, 0.2) is 4.99 Å². The van der Waals surface area contributed by atoms with Crippen molar-refractivity contribution in [2.24, 2.45) is 4.99 Å². The molecule has 0 aromatic carbocycles. The van der Waals surface area contributed by atoms with Gasteiger partial charge in [-0.15, -0.1) is 0 Å². The minimum atomic E-state index is -0.527. The summed E-state index contributed by atoms with van der Waals surface area (Å²) < 4.78 is 0. The molecule has 0 bridgehead atoms. The third-order valence-electron chi connectivity index (χ3n) is 2.81. The van der Waals surface area contributed by atoms with E-state index >= 15 is 0 Å². The van der Waals surface area contributed by atoms with Gasteiger partial charge in [-0.3, -0.25) is 4.99 Å². The molecule has 0 aromatic rings. The molecule has 0 spiro atoms. The highest BCUT2D eigenvalue weighted by Crippen LogP contribution is 2.26. The molecule has 0 saturated carbocycles. The molecule has 4 nitrogen and oxygen atoms in total. The predicted octanol–water partition coefficient (Wildman–Crippen LogP) is 0.183. The first kappa shape index (κ1) is 11.1. The molecule has 1 fully saturated rings. The van der Waals surface area contributed by atoms with E-state index in [-0.39, 0.29) is 0 Å². The normalized spacial score (nSPS) is 31.7. The summed E-state index contributed by atoms with van der Waals surface area (Å²) in [4.78, 5) is 4.39. The molecule has 1 saturated heterocycles. The molecule has 2 aliphatic heterocycles. The van der Waals surface area contributed by atoms with Crippen molar-refractivity contribution in [3.8, 4) is 0 Å². The van der Waals surface area contributed by atoms with Gasteiger partial charge in [0.15, 0.2) is 5.96 Å². The Kier molecular flexibility index (Phi) is 3.75. The predicted molar refractivity (Wildman–Crippen MR) is 64.4 cm³/mol. The molecule has 15 heavy (non-hydrogen) atoms. The molecule has 1 unspecified atom stereocenters. The summed E-state index contributed by atoms with van der Waals surface area (Å²) in [5.74, 6) is 2.77. The number of thioether (sulfide) groups is 1. The van der Waals surface area contributed by atoms with E-state index in [1.165, 1.54) is 6.42 Å². The van der Waals surface area contributed by atoms with E-state index in [1.54, 1.807) is 0 Å². The molecule has 2 aliphatic rings. The summed E-state index contributed by atoms with van der Waals surface area (Å²) in [5.41, 5.74) is -0.527. The maximum absolute atomic E-state index is 10.1. The van der Waals surface area contributed by atoms with Gasteiger partial charge in [-0.2, -0.15) is 11.8 Å². The number of guanidine groups is 1. The number of rotatable bonds is 2. The maximum Gasteiger partial charge on any atom is 0.191 e. The van der Waals surface area contributed by atoms with E-state index in [1.807, 2.05) is 11.8 Å². The number of nitrogens with zero attached hydrogens (tertiary/aromatic N) is 1. The quantitative estimate of drug-likeness (QED) is 0.632. The first-order valence-corrected chi connectivity index (χ1v) is 6.76. The Labute approximate surface area is 94.9 Å². The number of hydrogen-bond donors (Lipinski definition) is 3. The third-order valence-corrected chi connectivity index (χ3v) is 4.05. The molecule has 2 rings (SSSR count). The Morgan fingerprint density at radius 1 is 1.53 bits per heavy atom. The summed E-state index contributed by atoms with van der Waals surface area (Å²) in [6, 6.07) is 0. The van der Waals surface area contributed by atoms with Crippen LogP contribution in [0.3, 0.4) is 0 Å². The van der Waals surface area contributed by atoms with Crippen LogP contribution < -0.4 is 10.6 Å². The lowest BCUT2D eigenvalue weighted by Gasteiger charge is -2.22. The highest BCUT2D eigenvalue weighted by Gasteiger charge is 2.31. The van der Waals surface area contributed by atoms with E-state index in [0.29, 0.717) is 6.54 Å². The summed E-state index contributed by atoms with van der Waals surface area (Å²) in [7, 11) is 0. The van der Waals surface area contributed by atoms with Gasteiger partial charge in [-0.1, -0.05) is 0 Å². The maximum atomic E-state index is 10.1. The van der Waals surface area contributed by atoms with Crippen molar-refractivity contribution in [3.05, 3.63) is 0 Å². The van der Waals surface area contributed by atoms with Gasteiger partial charge in [-0.05, 0) is 25.0 Å². The van der Waals surface area contributed by atoms with Crippen molar-refractivity contribution in [2.75, 3.05) is 31.1 Å². The van der Waals surface area contributed by atoms with Crippen molar-refractivity contribution in [1.82, 2.24) is 10.6 Å². The molecular weight excluding hydrogens is 210 g/mol. The van der Waals surface area contributed by atoms with Gasteiger partial charge in [0.25, 0.3) is 0 Å². The van der Waals surface area contributed by atoms with E-state index in [2.05, 4.69) is 15.6 Å². The van der Waals surface area contributed by atoms with Crippen LogP contribution >= 0.6 is 11.8 Å². The average Bonchev–Trinajstić information content (AvgIpc) is 2.53. The second-order valence-electron chi connectivity index (χ2n) is 4.24. The van der Waals surface area contributed by atoms with Crippen LogP contribution in [0.4, 0.5) is 0 Å². The van der Waals surface area contributed by atoms with Crippen molar-refractivity contribution in [3.63, 3.8) is 0 Å². The Bertz CT molecular complexity index is 239. The van der Waals surface area contributed by atoms with Crippen LogP contribution in [0, 0.1) is 0 Å². The summed E-state index contributed by atoms with van der Waals surface area (Å²) >= 11 is 1.82. The third kappa shape index (κ3) is 3.28. The Hall–Kier alpha value is -0.420. The lowest BCUT2D eigenvalue weighted by molar-refractivity contribution is 0.0724. The second kappa shape index (κ2) is 5.07. The van der Waals surface area contributed by atoms with Gasteiger partial charge in [0.1, 0.15) is 0 Å². The Morgan fingerprint density at radius 3 is 3.27 bits per heavy atom. The van der Waals surface area contributed by atoms with Gasteiger partial charge >= 0.3 is 0 Å². The number of aliphatic imine (C=N–C) groups is 1. The number of nitrogens with one attached hydrogen (secondary N) is 2. The molecule has 1 atom stereocenters. The highest BCUT2D eigenvalue weighted by molar-refractivity contribution is 7.99. The van der Waals surface area contributed by atoms with Crippen LogP contribution in [-0.2, 0) is 0 Å². The minimum Gasteiger partial charge on any atom is -0.387 e. The van der Waals surface area contributed by atoms with Crippen LogP contribution in [-0.4, -0.2) is 47.8 Å². The van der Waals surface area contributed by atoms with Crippen molar-refractivity contribution in [1.29, 1.82) is 0 Å². The van der Waals surface area contributed by atoms with Gasteiger partial charge in [0.2, 0.25) is 0 Å². The van der Waals surface area contributed by atoms with Crippen molar-refractivity contribution < 1.29 is 5.11 Å². The molecule has 3 N–H and O–H groups in total. The smallest absolute Gasteiger partial charge is 0.191 e. The molecule has 86 valence electrons. The summed E-state index contributed by atoms with van der Waals surface area (Å²) in [6.45, 7) is 2.49. The fourth-order valence-corrected chi connectivity index (χ4v) is 3.09. The topological polar surface area (TPSA) is 56.6 Å². The Balaban J connectivity index is 1.78. The van der Waals surface area contributed by atoms with Crippen molar-refractivity contribution in [2.45, 2.75) is 24.9 Å². The fraction of sp³-hybridized carbons (Fsp3) is 0.900. The zero-order valence-corrected chi connectivity index (χ0v) is 9.78. The van der Waals surface area contributed by atoms with Gasteiger partial charge in [0.05, 0.1) is 5.60 Å². The SMILES string of the molecule is OC1(CNC2=NCCCCN2)CCSC1. The van der Waals surface area contributed by atoms with E-state index in [0.717, 1.165) is 43.4 Å². The van der Waals surface area contributed by atoms with Gasteiger partial charge < -0.3 is 15.7 Å².